The third-order valence-corrected chi connectivity index (χ3v) is 6.91. The van der Waals surface area contributed by atoms with Crippen molar-refractivity contribution in [1.82, 2.24) is 0 Å². The molecule has 0 heterocycles. The first-order chi connectivity index (χ1) is 14.6. The number of benzene rings is 2. The van der Waals surface area contributed by atoms with Crippen LogP contribution in [0.1, 0.15) is 35.8 Å². The van der Waals surface area contributed by atoms with Crippen molar-refractivity contribution >= 4 is 15.9 Å². The maximum absolute atomic E-state index is 10.2. The minimum atomic E-state index is -1.58. The van der Waals surface area contributed by atoms with Crippen molar-refractivity contribution in [3.05, 3.63) is 93.1 Å². The molecule has 0 spiro atoms. The molecule has 2 aromatic carbocycles. The highest BCUT2D eigenvalue weighted by molar-refractivity contribution is 9.10. The van der Waals surface area contributed by atoms with Crippen molar-refractivity contribution in [1.29, 1.82) is 15.8 Å². The number of nitriles is 3. The number of nitrogens with zero attached hydrogens (tertiary/aromatic N) is 3. The van der Waals surface area contributed by atoms with Gasteiger partial charge in [-0.25, -0.2) is 0 Å². The monoisotopic (exact) mass is 454 g/mol. The lowest BCUT2D eigenvalue weighted by Gasteiger charge is -2.45. The Kier molecular flexibility index (Phi) is 5.21. The zero-order chi connectivity index (χ0) is 21.3. The van der Waals surface area contributed by atoms with E-state index in [4.69, 9.17) is 5.73 Å². The third-order valence-electron chi connectivity index (χ3n) is 6.38. The van der Waals surface area contributed by atoms with Gasteiger partial charge in [-0.1, -0.05) is 64.5 Å². The predicted octanol–water partition coefficient (Wildman–Crippen LogP) is 5.44. The Bertz CT molecular complexity index is 1140. The minimum absolute atomic E-state index is 0.0728. The number of allylic oxidation sites excluding steroid dienone is 4. The summed E-state index contributed by atoms with van der Waals surface area (Å²) in [7, 11) is 0. The van der Waals surface area contributed by atoms with Gasteiger partial charge in [0, 0.05) is 10.4 Å². The van der Waals surface area contributed by atoms with Crippen LogP contribution < -0.4 is 5.73 Å². The molecule has 2 N–H and O–H groups in total. The van der Waals surface area contributed by atoms with E-state index in [1.54, 1.807) is 0 Å². The molecule has 0 unspecified atom stereocenters. The molecule has 0 saturated heterocycles. The number of halogens is 1. The quantitative estimate of drug-likeness (QED) is 0.652. The summed E-state index contributed by atoms with van der Waals surface area (Å²) in [6, 6.07) is 24.5. The molecule has 0 aliphatic heterocycles. The van der Waals surface area contributed by atoms with Gasteiger partial charge in [-0.2, -0.15) is 15.8 Å². The smallest absolute Gasteiger partial charge is 0.191 e. The summed E-state index contributed by atoms with van der Waals surface area (Å²) in [4.78, 5) is 0. The van der Waals surface area contributed by atoms with Crippen LogP contribution in [-0.4, -0.2) is 0 Å². The summed E-state index contributed by atoms with van der Waals surface area (Å²) in [5.74, 6) is -0.339. The average molecular weight is 455 g/mol. The van der Waals surface area contributed by atoms with Gasteiger partial charge in [0.25, 0.3) is 0 Å². The van der Waals surface area contributed by atoms with E-state index < -0.39 is 11.3 Å². The summed E-state index contributed by atoms with van der Waals surface area (Å²) in [6.07, 6.45) is 3.63. The van der Waals surface area contributed by atoms with Gasteiger partial charge >= 0.3 is 0 Å². The zero-order valence-corrected chi connectivity index (χ0v) is 17.8. The highest BCUT2D eigenvalue weighted by atomic mass is 79.9. The van der Waals surface area contributed by atoms with Gasteiger partial charge in [-0.3, -0.25) is 0 Å². The van der Waals surface area contributed by atoms with Crippen molar-refractivity contribution in [3.8, 4) is 18.2 Å². The molecule has 0 fully saturated rings. The molecule has 0 aromatic heterocycles. The molecule has 0 amide bonds. The van der Waals surface area contributed by atoms with Crippen LogP contribution in [0.3, 0.4) is 0 Å². The van der Waals surface area contributed by atoms with Gasteiger partial charge in [-0.05, 0) is 53.5 Å². The summed E-state index contributed by atoms with van der Waals surface area (Å²) in [5, 5.41) is 30.2. The van der Waals surface area contributed by atoms with Gasteiger partial charge in [-0.15, -0.1) is 0 Å². The molecule has 5 heteroatoms. The Hall–Kier alpha value is -3.33. The predicted molar refractivity (Wildman–Crippen MR) is 117 cm³/mol. The second kappa shape index (κ2) is 7.83. The molecule has 3 atom stereocenters. The fourth-order valence-electron chi connectivity index (χ4n) is 4.93. The molecule has 146 valence electrons. The first-order valence-electron chi connectivity index (χ1n) is 9.79. The number of hydrogen-bond acceptors (Lipinski definition) is 4. The maximum Gasteiger partial charge on any atom is 0.191 e. The van der Waals surface area contributed by atoms with E-state index >= 15 is 0 Å². The van der Waals surface area contributed by atoms with Gasteiger partial charge in [0.05, 0.1) is 23.4 Å². The Morgan fingerprint density at radius 3 is 2.20 bits per heavy atom. The normalized spacial score (nSPS) is 24.6. The molecule has 2 aromatic rings. The highest BCUT2D eigenvalue weighted by Crippen LogP contribution is 2.57. The molecule has 0 saturated carbocycles. The van der Waals surface area contributed by atoms with Crippen LogP contribution in [0.15, 0.2) is 82.0 Å². The number of hydrogen-bond donors (Lipinski definition) is 1. The maximum atomic E-state index is 10.2. The van der Waals surface area contributed by atoms with Crippen LogP contribution in [-0.2, 0) is 0 Å². The minimum Gasteiger partial charge on any atom is -0.399 e. The molecule has 30 heavy (non-hydrogen) atoms. The first kappa shape index (κ1) is 20.0. The van der Waals surface area contributed by atoms with Crippen LogP contribution in [0.4, 0.5) is 0 Å². The summed E-state index contributed by atoms with van der Waals surface area (Å²) in [6.45, 7) is 0. The van der Waals surface area contributed by atoms with Crippen LogP contribution in [0.2, 0.25) is 0 Å². The lowest BCUT2D eigenvalue weighted by atomic mass is 9.55. The van der Waals surface area contributed by atoms with E-state index in [0.29, 0.717) is 5.57 Å². The van der Waals surface area contributed by atoms with Gasteiger partial charge in [0.15, 0.2) is 5.41 Å². The van der Waals surface area contributed by atoms with E-state index in [9.17, 15) is 15.8 Å². The van der Waals surface area contributed by atoms with Crippen molar-refractivity contribution < 1.29 is 0 Å². The fraction of sp³-hybridized carbons (Fsp3) is 0.240. The second-order valence-electron chi connectivity index (χ2n) is 7.81. The molecular formula is C25H19BrN4. The summed E-state index contributed by atoms with van der Waals surface area (Å²) >= 11 is 3.46. The molecule has 2 aliphatic rings. The lowest BCUT2D eigenvalue weighted by Crippen LogP contribution is -2.43. The van der Waals surface area contributed by atoms with E-state index in [0.717, 1.165) is 28.5 Å². The van der Waals surface area contributed by atoms with Crippen LogP contribution in [0.5, 0.6) is 0 Å². The molecule has 2 aliphatic carbocycles. The summed E-state index contributed by atoms with van der Waals surface area (Å²) in [5.41, 5.74) is 8.12. The number of rotatable bonds is 2. The van der Waals surface area contributed by atoms with Crippen molar-refractivity contribution in [2.75, 3.05) is 0 Å². The van der Waals surface area contributed by atoms with Crippen LogP contribution in [0.25, 0.3) is 0 Å². The lowest BCUT2D eigenvalue weighted by molar-refractivity contribution is 0.303. The molecular weight excluding hydrogens is 436 g/mol. The number of fused-ring (bicyclic) bond motifs is 1. The Labute approximate surface area is 184 Å². The Morgan fingerprint density at radius 1 is 0.933 bits per heavy atom. The fourth-order valence-corrected chi connectivity index (χ4v) is 5.20. The van der Waals surface area contributed by atoms with Gasteiger partial charge in [0.1, 0.15) is 6.07 Å². The second-order valence-corrected chi connectivity index (χ2v) is 8.72. The standard InChI is InChI=1S/C25H19BrN4/c26-19-9-6-17(7-10-19)23-21-12-18(16-4-2-1-3-5-16)8-11-20(21)22(13-27)24(30)25(23,14-28)15-29/h1-7,9-11,18,21,23H,8,12,30H2/t18-,21-,23+/m0/s1. The van der Waals surface area contributed by atoms with Crippen LogP contribution >= 0.6 is 15.9 Å². The topological polar surface area (TPSA) is 97.4 Å². The highest BCUT2D eigenvalue weighted by Gasteiger charge is 2.54. The van der Waals surface area contributed by atoms with Crippen LogP contribution in [0, 0.1) is 45.3 Å². The summed E-state index contributed by atoms with van der Waals surface area (Å²) < 4.78 is 0.921. The van der Waals surface area contributed by atoms with E-state index in [1.807, 2.05) is 42.5 Å². The zero-order valence-electron chi connectivity index (χ0n) is 16.2. The molecule has 0 bridgehead atoms. The van der Waals surface area contributed by atoms with Gasteiger partial charge < -0.3 is 5.73 Å². The first-order valence-corrected chi connectivity index (χ1v) is 10.6. The van der Waals surface area contributed by atoms with Crippen molar-refractivity contribution in [2.45, 2.75) is 24.7 Å². The average Bonchev–Trinajstić information content (AvgIpc) is 2.79. The SMILES string of the molecule is N#CC1=C(N)C(C#N)(C#N)[C@H](c2ccc(Br)cc2)[C@H]2C[C@@H](c3ccccc3)CC=C12. The molecule has 4 nitrogen and oxygen atoms in total. The number of nitrogens with two attached hydrogens (primary N) is 1. The van der Waals surface area contributed by atoms with Crippen molar-refractivity contribution in [2.24, 2.45) is 17.1 Å². The molecule has 4 rings (SSSR count). The van der Waals surface area contributed by atoms with Crippen molar-refractivity contribution in [3.63, 3.8) is 0 Å². The van der Waals surface area contributed by atoms with E-state index in [-0.39, 0.29) is 17.5 Å². The Balaban J connectivity index is 1.93. The molecule has 0 radical (unpaired) electrons. The van der Waals surface area contributed by atoms with E-state index in [2.05, 4.69) is 52.3 Å². The van der Waals surface area contributed by atoms with Gasteiger partial charge in [0.2, 0.25) is 0 Å². The Morgan fingerprint density at radius 2 is 1.60 bits per heavy atom. The van der Waals surface area contributed by atoms with E-state index in [1.165, 1.54) is 5.56 Å². The third kappa shape index (κ3) is 3.02. The largest absolute Gasteiger partial charge is 0.399 e.